The Morgan fingerprint density at radius 3 is 2.13 bits per heavy atom. The normalized spacial score (nSPS) is 17.5. The third kappa shape index (κ3) is 5.21. The zero-order chi connectivity index (χ0) is 21.5. The topological polar surface area (TPSA) is 101 Å². The molecule has 3 N–H and O–H groups in total. The minimum Gasteiger partial charge on any atom is -0.480 e. The molecule has 1 aliphatic carbocycles. The molecule has 0 aliphatic heterocycles. The van der Waals surface area contributed by atoms with Crippen LogP contribution in [0.15, 0.2) is 72.4 Å². The standard InChI is InChI=1S/C24H26N2O4/c25-11-12-26(21(24(29)30)13-17-7-3-1-4-8-17)16-20-22(27)14-19(15-23(20)28)18-9-5-2-6-10-18/h1-10,16,19,21H,11-15,25H2,(H,29,30). The number of nitrogens with two attached hydrogens (primary N) is 1. The van der Waals surface area contributed by atoms with Gasteiger partial charge >= 0.3 is 5.97 Å². The average Bonchev–Trinajstić information content (AvgIpc) is 2.75. The summed E-state index contributed by atoms with van der Waals surface area (Å²) in [4.78, 5) is 39.1. The number of carboxylic acid groups (broad SMARTS) is 1. The molecule has 1 saturated carbocycles. The third-order valence-electron chi connectivity index (χ3n) is 5.37. The summed E-state index contributed by atoms with van der Waals surface area (Å²) in [6, 6.07) is 17.8. The highest BCUT2D eigenvalue weighted by Crippen LogP contribution is 2.31. The van der Waals surface area contributed by atoms with Crippen LogP contribution in [0.4, 0.5) is 0 Å². The van der Waals surface area contributed by atoms with Crippen LogP contribution < -0.4 is 5.73 Å². The van der Waals surface area contributed by atoms with Gasteiger partial charge in [-0.05, 0) is 17.0 Å². The number of nitrogens with zero attached hydrogens (tertiary/aromatic N) is 1. The number of Topliss-reactive ketones (excluding diaryl/α,β-unsaturated/α-hetero) is 2. The van der Waals surface area contributed by atoms with E-state index in [1.807, 2.05) is 60.7 Å². The van der Waals surface area contributed by atoms with Crippen molar-refractivity contribution in [2.24, 2.45) is 5.73 Å². The molecule has 156 valence electrons. The quantitative estimate of drug-likeness (QED) is 0.516. The Morgan fingerprint density at radius 1 is 1.03 bits per heavy atom. The van der Waals surface area contributed by atoms with Crippen LogP contribution in [0.3, 0.4) is 0 Å². The Hall–Kier alpha value is -3.25. The summed E-state index contributed by atoms with van der Waals surface area (Å²) in [5, 5.41) is 9.80. The first-order valence-corrected chi connectivity index (χ1v) is 10.0. The fourth-order valence-electron chi connectivity index (χ4n) is 3.81. The number of benzene rings is 2. The van der Waals surface area contributed by atoms with Crippen LogP contribution in [0.25, 0.3) is 0 Å². The maximum absolute atomic E-state index is 12.8. The lowest BCUT2D eigenvalue weighted by Gasteiger charge is -2.30. The predicted octanol–water partition coefficient (Wildman–Crippen LogP) is 2.54. The summed E-state index contributed by atoms with van der Waals surface area (Å²) < 4.78 is 0. The fraction of sp³-hybridized carbons (Fsp3) is 0.292. The van der Waals surface area contributed by atoms with Crippen molar-refractivity contribution in [2.75, 3.05) is 13.1 Å². The fourth-order valence-corrected chi connectivity index (χ4v) is 3.81. The Labute approximate surface area is 176 Å². The maximum Gasteiger partial charge on any atom is 0.326 e. The van der Waals surface area contributed by atoms with Gasteiger partial charge in [-0.1, -0.05) is 60.7 Å². The summed E-state index contributed by atoms with van der Waals surface area (Å²) in [5.74, 6) is -1.69. The van der Waals surface area contributed by atoms with Crippen molar-refractivity contribution in [2.45, 2.75) is 31.2 Å². The summed E-state index contributed by atoms with van der Waals surface area (Å²) in [5.41, 5.74) is 7.58. The highest BCUT2D eigenvalue weighted by molar-refractivity contribution is 6.22. The van der Waals surface area contributed by atoms with Crippen molar-refractivity contribution in [3.63, 3.8) is 0 Å². The van der Waals surface area contributed by atoms with Gasteiger partial charge in [0.25, 0.3) is 0 Å². The second-order valence-corrected chi connectivity index (χ2v) is 7.48. The minimum absolute atomic E-state index is 0.0648. The van der Waals surface area contributed by atoms with Gasteiger partial charge in [-0.15, -0.1) is 0 Å². The van der Waals surface area contributed by atoms with Gasteiger partial charge in [-0.3, -0.25) is 9.59 Å². The van der Waals surface area contributed by atoms with Crippen molar-refractivity contribution < 1.29 is 19.5 Å². The lowest BCUT2D eigenvalue weighted by molar-refractivity contribution is -0.142. The Bertz CT molecular complexity index is 905. The van der Waals surface area contributed by atoms with Gasteiger partial charge in [-0.25, -0.2) is 4.79 Å². The van der Waals surface area contributed by atoms with E-state index >= 15 is 0 Å². The molecule has 0 heterocycles. The van der Waals surface area contributed by atoms with E-state index in [0.717, 1.165) is 11.1 Å². The van der Waals surface area contributed by atoms with Crippen LogP contribution in [-0.2, 0) is 20.8 Å². The molecule has 1 unspecified atom stereocenters. The van der Waals surface area contributed by atoms with Gasteiger partial charge < -0.3 is 15.7 Å². The highest BCUT2D eigenvalue weighted by atomic mass is 16.4. The van der Waals surface area contributed by atoms with Crippen molar-refractivity contribution >= 4 is 17.5 Å². The summed E-state index contributed by atoms with van der Waals surface area (Å²) in [6.07, 6.45) is 2.12. The number of allylic oxidation sites excluding steroid dienone is 1. The molecule has 0 saturated heterocycles. The number of carbonyl (C=O) groups is 3. The van der Waals surface area contributed by atoms with Gasteiger partial charge in [0.15, 0.2) is 11.6 Å². The number of carbonyl (C=O) groups excluding carboxylic acids is 2. The molecule has 0 bridgehead atoms. The molecule has 0 radical (unpaired) electrons. The lowest BCUT2D eigenvalue weighted by Crippen LogP contribution is -2.43. The van der Waals surface area contributed by atoms with E-state index < -0.39 is 12.0 Å². The van der Waals surface area contributed by atoms with E-state index in [4.69, 9.17) is 5.73 Å². The average molecular weight is 406 g/mol. The molecule has 1 atom stereocenters. The van der Waals surface area contributed by atoms with Gasteiger partial charge in [0.2, 0.25) is 0 Å². The zero-order valence-electron chi connectivity index (χ0n) is 16.7. The molecule has 2 aromatic carbocycles. The Morgan fingerprint density at radius 2 is 1.60 bits per heavy atom. The van der Waals surface area contributed by atoms with Gasteiger partial charge in [0.1, 0.15) is 6.04 Å². The SMILES string of the molecule is NCCN(C=C1C(=O)CC(c2ccccc2)CC1=O)C(Cc1ccccc1)C(=O)O. The first-order chi connectivity index (χ1) is 14.5. The number of ketones is 2. The van der Waals surface area contributed by atoms with Crippen LogP contribution >= 0.6 is 0 Å². The van der Waals surface area contributed by atoms with Crippen LogP contribution in [0, 0.1) is 0 Å². The number of rotatable bonds is 8. The molecule has 2 aromatic rings. The van der Waals surface area contributed by atoms with Crippen molar-refractivity contribution in [1.29, 1.82) is 0 Å². The first kappa shape index (κ1) is 21.5. The van der Waals surface area contributed by atoms with Crippen molar-refractivity contribution in [3.05, 3.63) is 83.6 Å². The monoisotopic (exact) mass is 406 g/mol. The van der Waals surface area contributed by atoms with Crippen molar-refractivity contribution in [3.8, 4) is 0 Å². The Kier molecular flexibility index (Phi) is 7.14. The zero-order valence-corrected chi connectivity index (χ0v) is 16.7. The molecular weight excluding hydrogens is 380 g/mol. The number of aliphatic carboxylic acids is 1. The van der Waals surface area contributed by atoms with Crippen LogP contribution in [0.1, 0.15) is 29.9 Å². The molecule has 0 spiro atoms. The van der Waals surface area contributed by atoms with E-state index in [1.165, 1.54) is 11.1 Å². The largest absolute Gasteiger partial charge is 0.480 e. The summed E-state index contributed by atoms with van der Waals surface area (Å²) in [7, 11) is 0. The Balaban J connectivity index is 1.83. The van der Waals surface area contributed by atoms with Crippen molar-refractivity contribution in [1.82, 2.24) is 4.90 Å². The molecule has 1 fully saturated rings. The molecule has 0 amide bonds. The van der Waals surface area contributed by atoms with Crippen LogP contribution in [0.5, 0.6) is 0 Å². The number of hydrogen-bond donors (Lipinski definition) is 2. The number of carboxylic acids is 1. The van der Waals surface area contributed by atoms with Gasteiger partial charge in [0, 0.05) is 38.6 Å². The lowest BCUT2D eigenvalue weighted by atomic mass is 9.80. The van der Waals surface area contributed by atoms with E-state index in [2.05, 4.69) is 0 Å². The molecule has 0 aromatic heterocycles. The molecular formula is C24H26N2O4. The molecule has 30 heavy (non-hydrogen) atoms. The van der Waals surface area contributed by atoms with Gasteiger partial charge in [-0.2, -0.15) is 0 Å². The third-order valence-corrected chi connectivity index (χ3v) is 5.37. The van der Waals surface area contributed by atoms with E-state index in [1.54, 1.807) is 0 Å². The molecule has 6 heteroatoms. The van der Waals surface area contributed by atoms with E-state index in [0.29, 0.717) is 0 Å². The second kappa shape index (κ2) is 9.98. The van der Waals surface area contributed by atoms with Crippen LogP contribution in [-0.4, -0.2) is 46.7 Å². The highest BCUT2D eigenvalue weighted by Gasteiger charge is 2.33. The van der Waals surface area contributed by atoms with Crippen LogP contribution in [0.2, 0.25) is 0 Å². The number of hydrogen-bond acceptors (Lipinski definition) is 5. The predicted molar refractivity (Wildman–Crippen MR) is 114 cm³/mol. The minimum atomic E-state index is -1.03. The summed E-state index contributed by atoms with van der Waals surface area (Å²) >= 11 is 0. The second-order valence-electron chi connectivity index (χ2n) is 7.48. The smallest absolute Gasteiger partial charge is 0.326 e. The molecule has 6 nitrogen and oxygen atoms in total. The molecule has 1 aliphatic rings. The van der Waals surface area contributed by atoms with E-state index in [9.17, 15) is 19.5 Å². The summed E-state index contributed by atoms with van der Waals surface area (Å²) in [6.45, 7) is 0.438. The molecule has 3 rings (SSSR count). The van der Waals surface area contributed by atoms with E-state index in [-0.39, 0.29) is 55.4 Å². The van der Waals surface area contributed by atoms with Gasteiger partial charge in [0.05, 0.1) is 5.57 Å². The maximum atomic E-state index is 12.8. The first-order valence-electron chi connectivity index (χ1n) is 10.0.